The molecule has 0 unspecified atom stereocenters. The Morgan fingerprint density at radius 3 is 2.40 bits per heavy atom. The first-order valence-electron chi connectivity index (χ1n) is 11.9. The van der Waals surface area contributed by atoms with Crippen molar-refractivity contribution in [1.82, 2.24) is 4.90 Å². The van der Waals surface area contributed by atoms with E-state index >= 15 is 0 Å². The molecule has 0 atom stereocenters. The Bertz CT molecular complexity index is 1140. The van der Waals surface area contributed by atoms with Crippen LogP contribution in [-0.4, -0.2) is 48.5 Å². The highest BCUT2D eigenvalue weighted by Crippen LogP contribution is 2.33. The summed E-state index contributed by atoms with van der Waals surface area (Å²) in [5.74, 6) is 2.03. The van der Waals surface area contributed by atoms with Crippen molar-refractivity contribution in [2.75, 3.05) is 33.4 Å². The van der Waals surface area contributed by atoms with Gasteiger partial charge in [0.15, 0.2) is 0 Å². The van der Waals surface area contributed by atoms with Gasteiger partial charge in [-0.05, 0) is 98.4 Å². The molecule has 35 heavy (non-hydrogen) atoms. The van der Waals surface area contributed by atoms with Crippen molar-refractivity contribution in [3.05, 3.63) is 84.0 Å². The third-order valence-corrected chi connectivity index (χ3v) is 6.92. The summed E-state index contributed by atoms with van der Waals surface area (Å²) >= 11 is 1.65. The molecular formula is C29H35NO4S. The van der Waals surface area contributed by atoms with Crippen LogP contribution in [-0.2, 0) is 4.74 Å². The number of fused-ring (bicyclic) bond motifs is 1. The fraction of sp³-hybridized carbons (Fsp3) is 0.310. The summed E-state index contributed by atoms with van der Waals surface area (Å²) in [5.41, 5.74) is 1.11. The minimum Gasteiger partial charge on any atom is -0.508 e. The zero-order valence-electron chi connectivity index (χ0n) is 20.6. The zero-order chi connectivity index (χ0) is 25.0. The Labute approximate surface area is 212 Å². The molecule has 2 heterocycles. The first-order valence-corrected chi connectivity index (χ1v) is 12.7. The molecule has 0 aliphatic carbocycles. The van der Waals surface area contributed by atoms with Crippen LogP contribution in [0.4, 0.5) is 0 Å². The number of hydrogen-bond donors (Lipinski definition) is 2. The molecule has 4 rings (SSSR count). The van der Waals surface area contributed by atoms with E-state index in [1.807, 2.05) is 31.2 Å². The van der Waals surface area contributed by atoms with Crippen molar-refractivity contribution in [2.24, 2.45) is 0 Å². The van der Waals surface area contributed by atoms with Crippen LogP contribution in [0.2, 0.25) is 0 Å². The topological polar surface area (TPSA) is 62.2 Å². The summed E-state index contributed by atoms with van der Waals surface area (Å²) < 4.78 is 11.7. The molecular weight excluding hydrogens is 458 g/mol. The van der Waals surface area contributed by atoms with Gasteiger partial charge in [-0.2, -0.15) is 0 Å². The average molecular weight is 494 g/mol. The number of hydrogen-bond acceptors (Lipinski definition) is 6. The van der Waals surface area contributed by atoms with E-state index in [1.54, 1.807) is 54.8 Å². The molecule has 6 heteroatoms. The van der Waals surface area contributed by atoms with E-state index < -0.39 is 0 Å². The van der Waals surface area contributed by atoms with E-state index in [4.69, 9.17) is 14.6 Å². The van der Waals surface area contributed by atoms with E-state index in [9.17, 15) is 5.11 Å². The number of ether oxygens (including phenoxy) is 2. The molecule has 0 amide bonds. The minimum atomic E-state index is 0.281. The lowest BCUT2D eigenvalue weighted by molar-refractivity contribution is 0.183. The fourth-order valence-corrected chi connectivity index (χ4v) is 4.90. The number of rotatable bonds is 8. The number of phenolic OH excluding ortho intramolecular Hbond substituents is 2. The number of thiophene rings is 1. The van der Waals surface area contributed by atoms with Crippen molar-refractivity contribution < 1.29 is 19.7 Å². The lowest BCUT2D eigenvalue weighted by Crippen LogP contribution is -2.33. The van der Waals surface area contributed by atoms with E-state index in [-0.39, 0.29) is 5.75 Å². The highest BCUT2D eigenvalue weighted by atomic mass is 32.1. The predicted octanol–water partition coefficient (Wildman–Crippen LogP) is 6.98. The Kier molecular flexibility index (Phi) is 10.3. The zero-order valence-corrected chi connectivity index (χ0v) is 21.4. The number of benzene rings is 2. The van der Waals surface area contributed by atoms with Crippen molar-refractivity contribution in [3.8, 4) is 17.2 Å². The SMILES string of the molecule is C=C(/C=C\C(=C/C)c1cc2ccc(O)cc2s1)OC.Oc1ccc(OCCN2CCCCC2)cc1. The van der Waals surface area contributed by atoms with Crippen molar-refractivity contribution in [2.45, 2.75) is 26.2 Å². The Balaban J connectivity index is 0.000000198. The van der Waals surface area contributed by atoms with Gasteiger partial charge in [-0.15, -0.1) is 11.3 Å². The maximum absolute atomic E-state index is 9.49. The van der Waals surface area contributed by atoms with Crippen LogP contribution >= 0.6 is 11.3 Å². The number of allylic oxidation sites excluding steroid dienone is 4. The number of methoxy groups -OCH3 is 1. The summed E-state index contributed by atoms with van der Waals surface area (Å²) in [6, 6.07) is 14.4. The second kappa shape index (κ2) is 13.6. The van der Waals surface area contributed by atoms with Crippen LogP contribution in [0.25, 0.3) is 15.7 Å². The van der Waals surface area contributed by atoms with Gasteiger partial charge in [0.25, 0.3) is 0 Å². The Hall–Kier alpha value is -3.22. The third-order valence-electron chi connectivity index (χ3n) is 5.77. The van der Waals surface area contributed by atoms with E-state index in [0.717, 1.165) is 39.4 Å². The second-order valence-electron chi connectivity index (χ2n) is 8.33. The predicted molar refractivity (Wildman–Crippen MR) is 146 cm³/mol. The standard InChI is InChI=1S/C16H16O2S.C13H19NO2/c1-4-12(6-5-11(2)18-3)15-9-13-7-8-14(17)10-16(13)19-15;15-12-4-6-13(7-5-12)16-11-10-14-8-2-1-3-9-14/h4-10,17H,2H2,1,3H3;4-7,15H,1-3,8-11H2/b6-5-,12-4+;. The van der Waals surface area contributed by atoms with E-state index in [2.05, 4.69) is 17.5 Å². The summed E-state index contributed by atoms with van der Waals surface area (Å²) in [7, 11) is 1.60. The lowest BCUT2D eigenvalue weighted by atomic mass is 10.1. The minimum absolute atomic E-state index is 0.281. The number of likely N-dealkylation sites (tertiary alicyclic amines) is 1. The summed E-state index contributed by atoms with van der Waals surface area (Å²) in [4.78, 5) is 3.60. The molecule has 186 valence electrons. The summed E-state index contributed by atoms with van der Waals surface area (Å²) in [6.45, 7) is 9.90. The molecule has 3 aromatic rings. The second-order valence-corrected chi connectivity index (χ2v) is 9.41. The van der Waals surface area contributed by atoms with Crippen LogP contribution in [0.1, 0.15) is 31.1 Å². The van der Waals surface area contributed by atoms with Gasteiger partial charge in [-0.25, -0.2) is 0 Å². The molecule has 0 saturated carbocycles. The van der Waals surface area contributed by atoms with Gasteiger partial charge in [0.2, 0.25) is 0 Å². The first kappa shape index (κ1) is 26.4. The lowest BCUT2D eigenvalue weighted by Gasteiger charge is -2.26. The molecule has 1 aliphatic rings. The van der Waals surface area contributed by atoms with Crippen LogP contribution in [0.3, 0.4) is 0 Å². The van der Waals surface area contributed by atoms with Crippen LogP contribution in [0.5, 0.6) is 17.2 Å². The maximum Gasteiger partial charge on any atom is 0.119 e. The number of nitrogens with zero attached hydrogens (tertiary/aromatic N) is 1. The van der Waals surface area contributed by atoms with Gasteiger partial charge >= 0.3 is 0 Å². The molecule has 0 radical (unpaired) electrons. The molecule has 5 nitrogen and oxygen atoms in total. The van der Waals surface area contributed by atoms with Gasteiger partial charge in [0, 0.05) is 16.1 Å². The smallest absolute Gasteiger partial charge is 0.119 e. The molecule has 1 aliphatic heterocycles. The van der Waals surface area contributed by atoms with Gasteiger partial charge in [-0.1, -0.05) is 25.2 Å². The van der Waals surface area contributed by atoms with Crippen molar-refractivity contribution in [3.63, 3.8) is 0 Å². The third kappa shape index (κ3) is 8.50. The van der Waals surface area contributed by atoms with E-state index in [0.29, 0.717) is 11.5 Å². The Morgan fingerprint density at radius 2 is 1.71 bits per heavy atom. The molecule has 0 bridgehead atoms. The van der Waals surface area contributed by atoms with Gasteiger partial charge in [0.1, 0.15) is 29.6 Å². The van der Waals surface area contributed by atoms with Gasteiger partial charge < -0.3 is 19.7 Å². The van der Waals surface area contributed by atoms with E-state index in [1.165, 1.54) is 32.4 Å². The van der Waals surface area contributed by atoms with Crippen molar-refractivity contribution >= 4 is 27.0 Å². The van der Waals surface area contributed by atoms with Crippen LogP contribution < -0.4 is 4.74 Å². The quantitative estimate of drug-likeness (QED) is 0.262. The highest BCUT2D eigenvalue weighted by molar-refractivity contribution is 7.20. The maximum atomic E-state index is 9.49. The number of piperidine rings is 1. The monoisotopic (exact) mass is 493 g/mol. The van der Waals surface area contributed by atoms with Crippen LogP contribution in [0, 0.1) is 0 Å². The molecule has 1 saturated heterocycles. The molecule has 2 aromatic carbocycles. The molecule has 1 fully saturated rings. The fourth-order valence-electron chi connectivity index (χ4n) is 3.75. The number of phenols is 2. The summed E-state index contributed by atoms with van der Waals surface area (Å²) in [6.07, 6.45) is 9.88. The number of aromatic hydroxyl groups is 2. The highest BCUT2D eigenvalue weighted by Gasteiger charge is 2.09. The van der Waals surface area contributed by atoms with Gasteiger partial charge in [0.05, 0.1) is 7.11 Å². The molecule has 1 aromatic heterocycles. The Morgan fingerprint density at radius 1 is 1.00 bits per heavy atom. The largest absolute Gasteiger partial charge is 0.508 e. The average Bonchev–Trinajstić information content (AvgIpc) is 3.29. The van der Waals surface area contributed by atoms with Crippen LogP contribution in [0.15, 0.2) is 79.1 Å². The first-order chi connectivity index (χ1) is 17.0. The summed E-state index contributed by atoms with van der Waals surface area (Å²) in [5, 5.41) is 19.8. The normalized spacial score (nSPS) is 14.5. The molecule has 2 N–H and O–H groups in total. The molecule has 0 spiro atoms. The van der Waals surface area contributed by atoms with Crippen molar-refractivity contribution in [1.29, 1.82) is 0 Å². The van der Waals surface area contributed by atoms with Gasteiger partial charge in [-0.3, -0.25) is 4.90 Å².